The maximum Gasteiger partial charge on any atom is 0.361 e. The molecule has 0 aliphatic rings. The molecule has 0 saturated heterocycles. The van der Waals surface area contributed by atoms with Crippen molar-refractivity contribution in [3.05, 3.63) is 29.6 Å². The van der Waals surface area contributed by atoms with Crippen LogP contribution < -0.4 is 5.30 Å². The molecular formula is C11H13FNO3P. The van der Waals surface area contributed by atoms with Crippen LogP contribution >= 0.6 is 7.60 Å². The summed E-state index contributed by atoms with van der Waals surface area (Å²) in [6.07, 6.45) is 0. The van der Waals surface area contributed by atoms with E-state index in [4.69, 9.17) is 14.3 Å². The van der Waals surface area contributed by atoms with E-state index in [9.17, 15) is 8.96 Å². The fourth-order valence-corrected chi connectivity index (χ4v) is 2.95. The van der Waals surface area contributed by atoms with Crippen LogP contribution in [0.4, 0.5) is 4.39 Å². The van der Waals surface area contributed by atoms with Crippen LogP contribution in [0, 0.1) is 17.1 Å². The summed E-state index contributed by atoms with van der Waals surface area (Å²) >= 11 is 0. The molecule has 0 heterocycles. The van der Waals surface area contributed by atoms with Gasteiger partial charge in [0, 0.05) is 0 Å². The van der Waals surface area contributed by atoms with Gasteiger partial charge in [-0.25, -0.2) is 4.39 Å². The fraction of sp³-hybridized carbons (Fsp3) is 0.364. The highest BCUT2D eigenvalue weighted by Crippen LogP contribution is 2.46. The Kier molecular flexibility index (Phi) is 4.83. The van der Waals surface area contributed by atoms with Crippen LogP contribution in [-0.4, -0.2) is 13.2 Å². The molecule has 17 heavy (non-hydrogen) atoms. The van der Waals surface area contributed by atoms with E-state index in [0.717, 1.165) is 12.1 Å². The summed E-state index contributed by atoms with van der Waals surface area (Å²) < 4.78 is 35.7. The maximum atomic E-state index is 13.2. The molecule has 0 aromatic heterocycles. The third-order valence-electron chi connectivity index (χ3n) is 1.93. The topological polar surface area (TPSA) is 59.3 Å². The maximum absolute atomic E-state index is 13.2. The van der Waals surface area contributed by atoms with Crippen molar-refractivity contribution in [1.82, 2.24) is 0 Å². The van der Waals surface area contributed by atoms with E-state index in [2.05, 4.69) is 0 Å². The first-order chi connectivity index (χ1) is 8.05. The number of rotatable bonds is 5. The Balaban J connectivity index is 3.24. The summed E-state index contributed by atoms with van der Waals surface area (Å²) in [4.78, 5) is 0. The number of benzene rings is 1. The number of nitriles is 1. The van der Waals surface area contributed by atoms with Gasteiger partial charge >= 0.3 is 7.60 Å². The first-order valence-electron chi connectivity index (χ1n) is 5.16. The van der Waals surface area contributed by atoms with Gasteiger partial charge in [-0.2, -0.15) is 5.26 Å². The molecule has 1 aromatic carbocycles. The highest BCUT2D eigenvalue weighted by molar-refractivity contribution is 7.62. The Morgan fingerprint density at radius 2 is 1.88 bits per heavy atom. The van der Waals surface area contributed by atoms with Crippen LogP contribution in [0.1, 0.15) is 19.4 Å². The lowest BCUT2D eigenvalue weighted by Gasteiger charge is -2.17. The van der Waals surface area contributed by atoms with E-state index in [1.807, 2.05) is 0 Å². The second kappa shape index (κ2) is 5.92. The van der Waals surface area contributed by atoms with Gasteiger partial charge in [-0.3, -0.25) is 4.57 Å². The molecular weight excluding hydrogens is 244 g/mol. The van der Waals surface area contributed by atoms with E-state index < -0.39 is 13.4 Å². The van der Waals surface area contributed by atoms with Gasteiger partial charge in [-0.05, 0) is 32.0 Å². The molecule has 1 aromatic rings. The van der Waals surface area contributed by atoms with E-state index in [-0.39, 0.29) is 24.1 Å². The summed E-state index contributed by atoms with van der Waals surface area (Å²) in [7, 11) is -3.53. The van der Waals surface area contributed by atoms with Crippen LogP contribution in [0.3, 0.4) is 0 Å². The van der Waals surface area contributed by atoms with Crippen molar-refractivity contribution in [2.24, 2.45) is 0 Å². The van der Waals surface area contributed by atoms with E-state index in [1.165, 1.54) is 6.07 Å². The molecule has 92 valence electrons. The average Bonchev–Trinajstić information content (AvgIpc) is 2.28. The summed E-state index contributed by atoms with van der Waals surface area (Å²) in [5.41, 5.74) is 0.0830. The van der Waals surface area contributed by atoms with Crippen molar-refractivity contribution in [3.8, 4) is 6.07 Å². The van der Waals surface area contributed by atoms with Gasteiger partial charge in [0.25, 0.3) is 0 Å². The molecule has 0 radical (unpaired) electrons. The van der Waals surface area contributed by atoms with Crippen molar-refractivity contribution < 1.29 is 18.0 Å². The summed E-state index contributed by atoms with van der Waals surface area (Å²) in [6, 6.07) is 5.23. The van der Waals surface area contributed by atoms with Crippen molar-refractivity contribution in [2.45, 2.75) is 13.8 Å². The van der Waals surface area contributed by atoms with Crippen molar-refractivity contribution in [1.29, 1.82) is 5.26 Å². The SMILES string of the molecule is CCOP(=O)(OCC)c1cc(F)cc(C#N)c1. The van der Waals surface area contributed by atoms with Gasteiger partial charge in [-0.1, -0.05) is 0 Å². The second-order valence-electron chi connectivity index (χ2n) is 3.14. The molecule has 0 unspecified atom stereocenters. The zero-order valence-electron chi connectivity index (χ0n) is 9.64. The van der Waals surface area contributed by atoms with Crippen molar-refractivity contribution in [2.75, 3.05) is 13.2 Å². The highest BCUT2D eigenvalue weighted by Gasteiger charge is 2.27. The molecule has 0 amide bonds. The summed E-state index contributed by atoms with van der Waals surface area (Å²) in [6.45, 7) is 3.68. The lowest BCUT2D eigenvalue weighted by molar-refractivity contribution is 0.230. The second-order valence-corrected chi connectivity index (χ2v) is 5.17. The Bertz CT molecular complexity index is 474. The molecule has 0 aliphatic heterocycles. The first-order valence-corrected chi connectivity index (χ1v) is 6.70. The van der Waals surface area contributed by atoms with Crippen LogP contribution in [0.15, 0.2) is 18.2 Å². The Morgan fingerprint density at radius 1 is 1.29 bits per heavy atom. The van der Waals surface area contributed by atoms with Crippen LogP contribution in [0.25, 0.3) is 0 Å². The lowest BCUT2D eigenvalue weighted by Crippen LogP contribution is -2.12. The van der Waals surface area contributed by atoms with Crippen LogP contribution in [0.2, 0.25) is 0 Å². The van der Waals surface area contributed by atoms with E-state index in [0.29, 0.717) is 0 Å². The van der Waals surface area contributed by atoms with E-state index in [1.54, 1.807) is 19.9 Å². The Morgan fingerprint density at radius 3 is 2.35 bits per heavy atom. The molecule has 0 bridgehead atoms. The molecule has 1 rings (SSSR count). The number of halogens is 1. The molecule has 0 fully saturated rings. The van der Waals surface area contributed by atoms with Gasteiger partial charge < -0.3 is 9.05 Å². The fourth-order valence-electron chi connectivity index (χ4n) is 1.32. The van der Waals surface area contributed by atoms with E-state index >= 15 is 0 Å². The standard InChI is InChI=1S/C11H13FNO3P/c1-3-15-17(14,16-4-2)11-6-9(8-13)5-10(12)7-11/h5-7H,3-4H2,1-2H3. The smallest absolute Gasteiger partial charge is 0.305 e. The predicted octanol–water partition coefficient (Wildman–Crippen LogP) is 2.59. The molecule has 0 spiro atoms. The van der Waals surface area contributed by atoms with Gasteiger partial charge in [0.05, 0.1) is 30.2 Å². The average molecular weight is 257 g/mol. The van der Waals surface area contributed by atoms with Crippen LogP contribution in [0.5, 0.6) is 0 Å². The molecule has 4 nitrogen and oxygen atoms in total. The minimum Gasteiger partial charge on any atom is -0.305 e. The highest BCUT2D eigenvalue weighted by atomic mass is 31.2. The Labute approximate surface area is 99.5 Å². The third-order valence-corrected chi connectivity index (χ3v) is 4.01. The molecule has 0 aliphatic carbocycles. The van der Waals surface area contributed by atoms with Gasteiger partial charge in [0.2, 0.25) is 0 Å². The van der Waals surface area contributed by atoms with Crippen molar-refractivity contribution in [3.63, 3.8) is 0 Å². The Hall–Kier alpha value is -1.21. The molecule has 0 atom stereocenters. The number of hydrogen-bond donors (Lipinski definition) is 0. The molecule has 6 heteroatoms. The van der Waals surface area contributed by atoms with Crippen LogP contribution in [-0.2, 0) is 13.6 Å². The first kappa shape index (κ1) is 13.9. The van der Waals surface area contributed by atoms with Crippen molar-refractivity contribution >= 4 is 12.9 Å². The zero-order chi connectivity index (χ0) is 12.9. The predicted molar refractivity (Wildman–Crippen MR) is 61.6 cm³/mol. The lowest BCUT2D eigenvalue weighted by atomic mass is 10.2. The number of hydrogen-bond acceptors (Lipinski definition) is 4. The van der Waals surface area contributed by atoms with Gasteiger partial charge in [-0.15, -0.1) is 0 Å². The molecule has 0 saturated carbocycles. The largest absolute Gasteiger partial charge is 0.361 e. The third kappa shape index (κ3) is 3.37. The minimum atomic E-state index is -3.53. The zero-order valence-corrected chi connectivity index (χ0v) is 10.5. The summed E-state index contributed by atoms with van der Waals surface area (Å²) in [5.74, 6) is -0.640. The monoisotopic (exact) mass is 257 g/mol. The minimum absolute atomic E-state index is 0.0674. The number of nitrogens with zero attached hydrogens (tertiary/aromatic N) is 1. The normalized spacial score (nSPS) is 11.2. The quantitative estimate of drug-likeness (QED) is 0.761. The van der Waals surface area contributed by atoms with Gasteiger partial charge in [0.15, 0.2) is 0 Å². The summed E-state index contributed by atoms with van der Waals surface area (Å²) in [5, 5.41) is 8.79. The molecule has 0 N–H and O–H groups in total. The van der Waals surface area contributed by atoms with Gasteiger partial charge in [0.1, 0.15) is 5.82 Å².